The SMILES string of the molecule is CC(C)C(=NOCc1ccc(NC(=O)NC(=O)c2ccccc2Cl)cc1)c1ccccc1. The van der Waals surface area contributed by atoms with Gasteiger partial charge >= 0.3 is 6.03 Å². The number of hydrogen-bond acceptors (Lipinski definition) is 4. The maximum absolute atomic E-state index is 12.2. The Labute approximate surface area is 192 Å². The predicted molar refractivity (Wildman–Crippen MR) is 127 cm³/mol. The minimum atomic E-state index is -0.645. The smallest absolute Gasteiger partial charge is 0.326 e. The van der Waals surface area contributed by atoms with Gasteiger partial charge in [0.1, 0.15) is 6.61 Å². The van der Waals surface area contributed by atoms with E-state index in [1.807, 2.05) is 42.5 Å². The zero-order valence-corrected chi connectivity index (χ0v) is 18.6. The van der Waals surface area contributed by atoms with Gasteiger partial charge < -0.3 is 10.2 Å². The molecule has 0 aromatic heterocycles. The van der Waals surface area contributed by atoms with Crippen LogP contribution in [0.1, 0.15) is 35.3 Å². The molecule has 7 heteroatoms. The van der Waals surface area contributed by atoms with Crippen LogP contribution in [0.3, 0.4) is 0 Å². The third-order valence-electron chi connectivity index (χ3n) is 4.57. The number of carbonyl (C=O) groups excluding carboxylic acids is 2. The van der Waals surface area contributed by atoms with E-state index in [0.29, 0.717) is 12.3 Å². The first-order chi connectivity index (χ1) is 15.4. The molecule has 0 aliphatic carbocycles. The summed E-state index contributed by atoms with van der Waals surface area (Å²) < 4.78 is 0. The maximum Gasteiger partial charge on any atom is 0.326 e. The van der Waals surface area contributed by atoms with Gasteiger partial charge in [0.05, 0.1) is 16.3 Å². The second kappa shape index (κ2) is 11.1. The number of hydrogen-bond donors (Lipinski definition) is 2. The van der Waals surface area contributed by atoms with Crippen molar-refractivity contribution in [3.05, 3.63) is 101 Å². The van der Waals surface area contributed by atoms with E-state index < -0.39 is 11.9 Å². The average molecular weight is 450 g/mol. The Balaban J connectivity index is 1.54. The third kappa shape index (κ3) is 6.43. The number of benzene rings is 3. The Morgan fingerprint density at radius 1 is 0.938 bits per heavy atom. The van der Waals surface area contributed by atoms with Crippen molar-refractivity contribution in [1.82, 2.24) is 5.32 Å². The molecule has 0 spiro atoms. The van der Waals surface area contributed by atoms with Crippen LogP contribution in [0.2, 0.25) is 5.02 Å². The van der Waals surface area contributed by atoms with E-state index in [-0.39, 0.29) is 16.5 Å². The van der Waals surface area contributed by atoms with E-state index in [1.54, 1.807) is 36.4 Å². The van der Waals surface area contributed by atoms with Crippen LogP contribution >= 0.6 is 11.6 Å². The first kappa shape index (κ1) is 23.0. The molecule has 2 N–H and O–H groups in total. The number of oxime groups is 1. The molecule has 0 unspecified atom stereocenters. The van der Waals surface area contributed by atoms with Gasteiger partial charge in [0.2, 0.25) is 0 Å². The number of carbonyl (C=O) groups is 2. The quantitative estimate of drug-likeness (QED) is 0.349. The van der Waals surface area contributed by atoms with Crippen LogP contribution in [0.4, 0.5) is 10.5 Å². The fraction of sp³-hybridized carbons (Fsp3) is 0.160. The number of nitrogens with one attached hydrogen (secondary N) is 2. The molecule has 3 rings (SSSR count). The molecule has 164 valence electrons. The summed E-state index contributed by atoms with van der Waals surface area (Å²) in [5.41, 5.74) is 3.56. The summed E-state index contributed by atoms with van der Waals surface area (Å²) in [6.07, 6.45) is 0. The van der Waals surface area contributed by atoms with Crippen LogP contribution in [-0.2, 0) is 11.4 Å². The van der Waals surface area contributed by atoms with Crippen molar-refractivity contribution in [2.45, 2.75) is 20.5 Å². The lowest BCUT2D eigenvalue weighted by molar-refractivity contribution is 0.0967. The molecule has 3 amide bonds. The van der Waals surface area contributed by atoms with Gasteiger partial charge in [-0.05, 0) is 41.3 Å². The summed E-state index contributed by atoms with van der Waals surface area (Å²) in [7, 11) is 0. The lowest BCUT2D eigenvalue weighted by atomic mass is 10.0. The van der Waals surface area contributed by atoms with Crippen LogP contribution in [0.15, 0.2) is 84.0 Å². The number of amides is 3. The van der Waals surface area contributed by atoms with E-state index in [2.05, 4.69) is 29.6 Å². The number of anilines is 1. The van der Waals surface area contributed by atoms with Crippen molar-refractivity contribution in [1.29, 1.82) is 0 Å². The molecule has 6 nitrogen and oxygen atoms in total. The van der Waals surface area contributed by atoms with Crippen molar-refractivity contribution in [3.63, 3.8) is 0 Å². The fourth-order valence-corrected chi connectivity index (χ4v) is 3.16. The summed E-state index contributed by atoms with van der Waals surface area (Å²) in [5, 5.41) is 9.47. The van der Waals surface area contributed by atoms with Crippen LogP contribution in [0.5, 0.6) is 0 Å². The van der Waals surface area contributed by atoms with Gasteiger partial charge in [-0.1, -0.05) is 85.2 Å². The Morgan fingerprint density at radius 2 is 1.59 bits per heavy atom. The predicted octanol–water partition coefficient (Wildman–Crippen LogP) is 5.88. The molecule has 0 saturated heterocycles. The highest BCUT2D eigenvalue weighted by Gasteiger charge is 2.13. The Bertz CT molecular complexity index is 1100. The molecule has 32 heavy (non-hydrogen) atoms. The van der Waals surface area contributed by atoms with E-state index in [1.165, 1.54) is 0 Å². The first-order valence-corrected chi connectivity index (χ1v) is 10.5. The summed E-state index contributed by atoms with van der Waals surface area (Å²) >= 11 is 5.98. The van der Waals surface area contributed by atoms with Crippen LogP contribution in [0.25, 0.3) is 0 Å². The molecule has 0 saturated carbocycles. The van der Waals surface area contributed by atoms with Gasteiger partial charge in [0.15, 0.2) is 0 Å². The molecule has 3 aromatic carbocycles. The summed E-state index contributed by atoms with van der Waals surface area (Å²) in [6.45, 7) is 4.43. The molecule has 3 aromatic rings. The van der Waals surface area contributed by atoms with E-state index in [9.17, 15) is 9.59 Å². The molecule has 0 aliphatic heterocycles. The van der Waals surface area contributed by atoms with Crippen LogP contribution in [0, 0.1) is 5.92 Å². The average Bonchev–Trinajstić information content (AvgIpc) is 2.78. The molecular weight excluding hydrogens is 426 g/mol. The topological polar surface area (TPSA) is 79.8 Å². The van der Waals surface area contributed by atoms with Crippen molar-refractivity contribution in [3.8, 4) is 0 Å². The Hall–Kier alpha value is -3.64. The molecule has 0 fully saturated rings. The molecule has 0 aliphatic rings. The van der Waals surface area contributed by atoms with Gasteiger partial charge in [-0.25, -0.2) is 4.79 Å². The lowest BCUT2D eigenvalue weighted by Gasteiger charge is -2.11. The number of halogens is 1. The van der Waals surface area contributed by atoms with Crippen LogP contribution in [-0.4, -0.2) is 17.6 Å². The summed E-state index contributed by atoms with van der Waals surface area (Å²) in [4.78, 5) is 29.8. The van der Waals surface area contributed by atoms with Gasteiger partial charge in [0.25, 0.3) is 5.91 Å². The summed E-state index contributed by atoms with van der Waals surface area (Å²) in [5.74, 6) is -0.355. The molecule has 0 radical (unpaired) electrons. The van der Waals surface area contributed by atoms with Crippen molar-refractivity contribution in [2.24, 2.45) is 11.1 Å². The number of imide groups is 1. The van der Waals surface area contributed by atoms with Gasteiger partial charge in [0, 0.05) is 5.69 Å². The van der Waals surface area contributed by atoms with Crippen molar-refractivity contribution < 1.29 is 14.4 Å². The van der Waals surface area contributed by atoms with Gasteiger partial charge in [-0.15, -0.1) is 0 Å². The monoisotopic (exact) mass is 449 g/mol. The molecule has 0 atom stereocenters. The number of nitrogens with zero attached hydrogens (tertiary/aromatic N) is 1. The minimum Gasteiger partial charge on any atom is -0.391 e. The second-order valence-electron chi connectivity index (χ2n) is 7.36. The molecule has 0 heterocycles. The van der Waals surface area contributed by atoms with Gasteiger partial charge in [-0.3, -0.25) is 10.1 Å². The Kier molecular flexibility index (Phi) is 8.00. The third-order valence-corrected chi connectivity index (χ3v) is 4.90. The first-order valence-electron chi connectivity index (χ1n) is 10.1. The summed E-state index contributed by atoms with van der Waals surface area (Å²) in [6, 6.07) is 22.9. The fourth-order valence-electron chi connectivity index (χ4n) is 2.94. The zero-order valence-electron chi connectivity index (χ0n) is 17.8. The lowest BCUT2D eigenvalue weighted by Crippen LogP contribution is -2.34. The highest BCUT2D eigenvalue weighted by atomic mass is 35.5. The molecular formula is C25H24ClN3O3. The van der Waals surface area contributed by atoms with Gasteiger partial charge in [-0.2, -0.15) is 0 Å². The molecule has 0 bridgehead atoms. The normalized spacial score (nSPS) is 11.2. The highest BCUT2D eigenvalue weighted by molar-refractivity contribution is 6.34. The van der Waals surface area contributed by atoms with Crippen LogP contribution < -0.4 is 10.6 Å². The number of rotatable bonds is 7. The van der Waals surface area contributed by atoms with E-state index in [4.69, 9.17) is 16.4 Å². The Morgan fingerprint density at radius 3 is 2.25 bits per heavy atom. The van der Waals surface area contributed by atoms with E-state index in [0.717, 1.165) is 16.8 Å². The van der Waals surface area contributed by atoms with Crippen molar-refractivity contribution >= 4 is 34.9 Å². The maximum atomic E-state index is 12.2. The minimum absolute atomic E-state index is 0.218. The zero-order chi connectivity index (χ0) is 22.9. The number of urea groups is 1. The highest BCUT2D eigenvalue weighted by Crippen LogP contribution is 2.15. The van der Waals surface area contributed by atoms with E-state index >= 15 is 0 Å². The largest absolute Gasteiger partial charge is 0.391 e. The second-order valence-corrected chi connectivity index (χ2v) is 7.76. The van der Waals surface area contributed by atoms with Crippen molar-refractivity contribution in [2.75, 3.05) is 5.32 Å². The standard InChI is InChI=1S/C25H24ClN3O3/c1-17(2)23(19-8-4-3-5-9-19)29-32-16-18-12-14-20(15-13-18)27-25(31)28-24(30)21-10-6-7-11-22(21)26/h3-15,17H,16H2,1-2H3,(H2,27,28,30,31).